The Morgan fingerprint density at radius 1 is 1.11 bits per heavy atom. The number of benzene rings is 2. The van der Waals surface area contributed by atoms with Gasteiger partial charge in [-0.05, 0) is 48.2 Å². The molecule has 0 unspecified atom stereocenters. The molecule has 1 aliphatic rings. The van der Waals surface area contributed by atoms with Crippen molar-refractivity contribution in [1.82, 2.24) is 5.32 Å². The Balaban J connectivity index is 1.52. The van der Waals surface area contributed by atoms with E-state index < -0.39 is 0 Å². The molecule has 0 aromatic heterocycles. The van der Waals surface area contributed by atoms with E-state index >= 15 is 0 Å². The van der Waals surface area contributed by atoms with Gasteiger partial charge in [0.05, 0.1) is 26.7 Å². The van der Waals surface area contributed by atoms with Crippen molar-refractivity contribution in [2.24, 2.45) is 0 Å². The molecule has 1 heterocycles. The van der Waals surface area contributed by atoms with Crippen LogP contribution in [0, 0.1) is 0 Å². The molecular weight excluding hydrogens is 358 g/mol. The summed E-state index contributed by atoms with van der Waals surface area (Å²) in [5, 5.41) is 2.94. The molecule has 3 rings (SSSR count). The van der Waals surface area contributed by atoms with Crippen LogP contribution >= 0.6 is 0 Å². The lowest BCUT2D eigenvalue weighted by Gasteiger charge is -2.15. The fourth-order valence-corrected chi connectivity index (χ4v) is 3.13. The van der Waals surface area contributed by atoms with Crippen molar-refractivity contribution in [3.63, 3.8) is 0 Å². The lowest BCUT2D eigenvalue weighted by Crippen LogP contribution is -2.24. The van der Waals surface area contributed by atoms with Gasteiger partial charge in [0.25, 0.3) is 0 Å². The van der Waals surface area contributed by atoms with Crippen molar-refractivity contribution < 1.29 is 23.7 Å². The summed E-state index contributed by atoms with van der Waals surface area (Å²) >= 11 is 0. The monoisotopic (exact) mass is 385 g/mol. The average Bonchev–Trinajstić information content (AvgIpc) is 3.24. The van der Waals surface area contributed by atoms with E-state index in [-0.39, 0.29) is 12.0 Å². The molecule has 6 heteroatoms. The van der Waals surface area contributed by atoms with Crippen molar-refractivity contribution in [2.75, 3.05) is 27.4 Å². The van der Waals surface area contributed by atoms with Gasteiger partial charge < -0.3 is 24.3 Å². The van der Waals surface area contributed by atoms with Crippen molar-refractivity contribution in [3.8, 4) is 17.2 Å². The Kier molecular flexibility index (Phi) is 7.14. The number of hydrogen-bond donors (Lipinski definition) is 1. The summed E-state index contributed by atoms with van der Waals surface area (Å²) in [5.74, 6) is 2.03. The first-order chi connectivity index (χ1) is 13.7. The summed E-state index contributed by atoms with van der Waals surface area (Å²) in [4.78, 5) is 12.2. The van der Waals surface area contributed by atoms with Gasteiger partial charge in [-0.15, -0.1) is 0 Å². The number of carbonyl (C=O) groups excluding carboxylic acids is 1. The zero-order valence-corrected chi connectivity index (χ0v) is 16.4. The highest BCUT2D eigenvalue weighted by Gasteiger charge is 2.17. The van der Waals surface area contributed by atoms with E-state index in [0.717, 1.165) is 36.3 Å². The first-order valence-corrected chi connectivity index (χ1v) is 9.49. The Labute approximate surface area is 165 Å². The highest BCUT2D eigenvalue weighted by Crippen LogP contribution is 2.29. The molecule has 28 heavy (non-hydrogen) atoms. The second-order valence-corrected chi connectivity index (χ2v) is 6.74. The summed E-state index contributed by atoms with van der Waals surface area (Å²) in [6.45, 7) is 1.75. The molecule has 0 saturated carbocycles. The summed E-state index contributed by atoms with van der Waals surface area (Å²) in [7, 11) is 3.22. The van der Waals surface area contributed by atoms with Crippen LogP contribution in [-0.4, -0.2) is 39.4 Å². The van der Waals surface area contributed by atoms with Crippen LogP contribution < -0.4 is 19.5 Å². The maximum atomic E-state index is 12.2. The second-order valence-electron chi connectivity index (χ2n) is 6.74. The van der Waals surface area contributed by atoms with E-state index in [2.05, 4.69) is 5.32 Å². The molecule has 1 saturated heterocycles. The van der Waals surface area contributed by atoms with Gasteiger partial charge in [-0.2, -0.15) is 0 Å². The van der Waals surface area contributed by atoms with Gasteiger partial charge in [0.2, 0.25) is 5.91 Å². The summed E-state index contributed by atoms with van der Waals surface area (Å²) in [6.07, 6.45) is 2.57. The molecule has 1 aliphatic heterocycles. The predicted molar refractivity (Wildman–Crippen MR) is 106 cm³/mol. The number of hydrogen-bond acceptors (Lipinski definition) is 5. The van der Waals surface area contributed by atoms with Crippen LogP contribution in [0.2, 0.25) is 0 Å². The number of amides is 1. The smallest absolute Gasteiger partial charge is 0.224 e. The van der Waals surface area contributed by atoms with Crippen molar-refractivity contribution in [1.29, 1.82) is 0 Å². The predicted octanol–water partition coefficient (Wildman–Crippen LogP) is 3.12. The second kappa shape index (κ2) is 9.99. The molecule has 2 aromatic rings. The first kappa shape index (κ1) is 20.0. The van der Waals surface area contributed by atoms with E-state index in [1.807, 2.05) is 42.5 Å². The van der Waals surface area contributed by atoms with Gasteiger partial charge in [-0.25, -0.2) is 0 Å². The number of methoxy groups -OCH3 is 2. The van der Waals surface area contributed by atoms with Crippen LogP contribution in [0.15, 0.2) is 42.5 Å². The molecule has 2 aromatic carbocycles. The lowest BCUT2D eigenvalue weighted by molar-refractivity contribution is -0.120. The van der Waals surface area contributed by atoms with E-state index in [1.165, 1.54) is 0 Å². The van der Waals surface area contributed by atoms with Gasteiger partial charge >= 0.3 is 0 Å². The van der Waals surface area contributed by atoms with Crippen molar-refractivity contribution >= 4 is 5.91 Å². The third-order valence-corrected chi connectivity index (χ3v) is 4.67. The Morgan fingerprint density at radius 2 is 2.00 bits per heavy atom. The van der Waals surface area contributed by atoms with E-state index in [0.29, 0.717) is 31.1 Å². The van der Waals surface area contributed by atoms with Gasteiger partial charge in [0.1, 0.15) is 12.4 Å². The van der Waals surface area contributed by atoms with Crippen molar-refractivity contribution in [2.45, 2.75) is 31.9 Å². The largest absolute Gasteiger partial charge is 0.497 e. The Bertz CT molecular complexity index is 786. The third kappa shape index (κ3) is 5.63. The SMILES string of the molecule is COc1cccc(CC(=O)NCc2ccc(OC[C@H]3CCCO3)c(OC)c2)c1. The van der Waals surface area contributed by atoms with Gasteiger partial charge in [-0.3, -0.25) is 4.79 Å². The molecule has 1 fully saturated rings. The Morgan fingerprint density at radius 3 is 2.75 bits per heavy atom. The fourth-order valence-electron chi connectivity index (χ4n) is 3.13. The molecule has 0 spiro atoms. The molecule has 150 valence electrons. The van der Waals surface area contributed by atoms with Crippen LogP contribution in [0.4, 0.5) is 0 Å². The standard InChI is InChI=1S/C22H27NO5/c1-25-18-6-3-5-16(11-18)13-22(24)23-14-17-8-9-20(21(12-17)26-2)28-15-19-7-4-10-27-19/h3,5-6,8-9,11-12,19H,4,7,10,13-15H2,1-2H3,(H,23,24)/t19-/m1/s1. The minimum absolute atomic E-state index is 0.0501. The number of rotatable bonds is 9. The zero-order valence-electron chi connectivity index (χ0n) is 16.4. The third-order valence-electron chi connectivity index (χ3n) is 4.67. The minimum Gasteiger partial charge on any atom is -0.497 e. The highest BCUT2D eigenvalue weighted by molar-refractivity contribution is 5.78. The Hall–Kier alpha value is -2.73. The van der Waals surface area contributed by atoms with Crippen LogP contribution in [0.1, 0.15) is 24.0 Å². The lowest BCUT2D eigenvalue weighted by atomic mass is 10.1. The van der Waals surface area contributed by atoms with Crippen LogP contribution in [0.5, 0.6) is 17.2 Å². The molecule has 1 N–H and O–H groups in total. The molecule has 1 atom stereocenters. The number of nitrogens with one attached hydrogen (secondary N) is 1. The number of carbonyl (C=O) groups is 1. The van der Waals surface area contributed by atoms with E-state index in [9.17, 15) is 4.79 Å². The molecule has 1 amide bonds. The molecule has 6 nitrogen and oxygen atoms in total. The topological polar surface area (TPSA) is 66.0 Å². The summed E-state index contributed by atoms with van der Waals surface area (Å²) in [6, 6.07) is 13.2. The molecular formula is C22H27NO5. The maximum absolute atomic E-state index is 12.2. The molecule has 0 aliphatic carbocycles. The van der Waals surface area contributed by atoms with Crippen molar-refractivity contribution in [3.05, 3.63) is 53.6 Å². The number of ether oxygens (including phenoxy) is 4. The van der Waals surface area contributed by atoms with Crippen LogP contribution in [0.25, 0.3) is 0 Å². The maximum Gasteiger partial charge on any atom is 0.224 e. The minimum atomic E-state index is -0.0501. The molecule has 0 bridgehead atoms. The fraction of sp³-hybridized carbons (Fsp3) is 0.409. The summed E-state index contributed by atoms with van der Waals surface area (Å²) < 4.78 is 22.0. The highest BCUT2D eigenvalue weighted by atomic mass is 16.5. The zero-order chi connectivity index (χ0) is 19.8. The quantitative estimate of drug-likeness (QED) is 0.718. The normalized spacial score (nSPS) is 15.9. The van der Waals surface area contributed by atoms with E-state index in [4.69, 9.17) is 18.9 Å². The van der Waals surface area contributed by atoms with Crippen LogP contribution in [-0.2, 0) is 22.5 Å². The first-order valence-electron chi connectivity index (χ1n) is 9.49. The van der Waals surface area contributed by atoms with E-state index in [1.54, 1.807) is 14.2 Å². The van der Waals surface area contributed by atoms with Crippen LogP contribution in [0.3, 0.4) is 0 Å². The van der Waals surface area contributed by atoms with Gasteiger partial charge in [-0.1, -0.05) is 18.2 Å². The van der Waals surface area contributed by atoms with Gasteiger partial charge in [0, 0.05) is 13.2 Å². The summed E-state index contributed by atoms with van der Waals surface area (Å²) in [5.41, 5.74) is 1.85. The molecule has 0 radical (unpaired) electrons. The van der Waals surface area contributed by atoms with Gasteiger partial charge in [0.15, 0.2) is 11.5 Å². The average molecular weight is 385 g/mol.